The number of benzene rings is 1. The molecular weight excluding hydrogens is 364 g/mol. The van der Waals surface area contributed by atoms with Crippen molar-refractivity contribution >= 4 is 23.2 Å². The van der Waals surface area contributed by atoms with Crippen LogP contribution in [0.2, 0.25) is 5.02 Å². The third-order valence-corrected chi connectivity index (χ3v) is 5.88. The van der Waals surface area contributed by atoms with Gasteiger partial charge in [-0.05, 0) is 58.0 Å². The summed E-state index contributed by atoms with van der Waals surface area (Å²) in [4.78, 5) is 17.6. The summed E-state index contributed by atoms with van der Waals surface area (Å²) in [7, 11) is 4.01. The molecular formula is C20H25ClN4O2. The molecule has 0 radical (unpaired) electrons. The number of halogens is 1. The Kier molecular flexibility index (Phi) is 4.86. The topological polar surface area (TPSA) is 50.6 Å². The molecule has 3 heterocycles. The fourth-order valence-electron chi connectivity index (χ4n) is 4.16. The van der Waals surface area contributed by atoms with Gasteiger partial charge in [0.05, 0.1) is 11.3 Å². The smallest absolute Gasteiger partial charge is 0.262 e. The Hall–Kier alpha value is -2.05. The lowest BCUT2D eigenvalue weighted by Crippen LogP contribution is -2.40. The second kappa shape index (κ2) is 7.17. The van der Waals surface area contributed by atoms with Crippen molar-refractivity contribution in [2.75, 3.05) is 25.0 Å². The highest BCUT2D eigenvalue weighted by Gasteiger charge is 2.33. The molecule has 1 aromatic carbocycles. The lowest BCUT2D eigenvalue weighted by Gasteiger charge is -2.34. The molecule has 0 N–H and O–H groups in total. The van der Waals surface area contributed by atoms with E-state index >= 15 is 0 Å². The second-order valence-electron chi connectivity index (χ2n) is 7.48. The molecule has 1 amide bonds. The van der Waals surface area contributed by atoms with Crippen LogP contribution in [0, 0.1) is 6.92 Å². The van der Waals surface area contributed by atoms with Gasteiger partial charge in [0.1, 0.15) is 11.4 Å². The van der Waals surface area contributed by atoms with Gasteiger partial charge in [-0.25, -0.2) is 4.68 Å². The van der Waals surface area contributed by atoms with Crippen molar-refractivity contribution in [1.82, 2.24) is 14.7 Å². The molecule has 0 spiro atoms. The first-order valence-electron chi connectivity index (χ1n) is 9.49. The van der Waals surface area contributed by atoms with Crippen LogP contribution in [0.15, 0.2) is 18.2 Å². The Morgan fingerprint density at radius 2 is 2.11 bits per heavy atom. The van der Waals surface area contributed by atoms with Crippen LogP contribution >= 0.6 is 11.6 Å². The first-order chi connectivity index (χ1) is 13.0. The monoisotopic (exact) mass is 388 g/mol. The number of fused-ring (bicyclic) bond motifs is 2. The minimum absolute atomic E-state index is 0.0826. The number of ether oxygens (including phenoxy) is 1. The Morgan fingerprint density at radius 3 is 2.89 bits per heavy atom. The zero-order valence-corrected chi connectivity index (χ0v) is 16.8. The molecule has 144 valence electrons. The van der Waals surface area contributed by atoms with Crippen molar-refractivity contribution in [3.8, 4) is 11.6 Å². The normalized spacial score (nSPS) is 20.1. The maximum atomic E-state index is 13.4. The van der Waals surface area contributed by atoms with Gasteiger partial charge in [0, 0.05) is 24.7 Å². The van der Waals surface area contributed by atoms with Gasteiger partial charge in [0.15, 0.2) is 0 Å². The predicted molar refractivity (Wildman–Crippen MR) is 106 cm³/mol. The van der Waals surface area contributed by atoms with Gasteiger partial charge in [0.25, 0.3) is 5.91 Å². The maximum absolute atomic E-state index is 13.4. The number of piperidine rings is 1. The Bertz CT molecular complexity index is 879. The molecule has 1 atom stereocenters. The lowest BCUT2D eigenvalue weighted by molar-refractivity contribution is 0.0981. The fourth-order valence-corrected chi connectivity index (χ4v) is 4.33. The van der Waals surface area contributed by atoms with Crippen LogP contribution in [0.4, 0.5) is 5.69 Å². The summed E-state index contributed by atoms with van der Waals surface area (Å²) in [6, 6.07) is 5.67. The first-order valence-corrected chi connectivity index (χ1v) is 9.86. The van der Waals surface area contributed by atoms with E-state index in [4.69, 9.17) is 16.3 Å². The number of rotatable bonds is 3. The van der Waals surface area contributed by atoms with E-state index in [1.807, 2.05) is 18.9 Å². The Balaban J connectivity index is 1.71. The van der Waals surface area contributed by atoms with Crippen LogP contribution in [-0.2, 0) is 7.05 Å². The van der Waals surface area contributed by atoms with Crippen LogP contribution in [0.25, 0.3) is 0 Å². The second-order valence-corrected chi connectivity index (χ2v) is 7.92. The van der Waals surface area contributed by atoms with E-state index in [0.717, 1.165) is 24.3 Å². The molecule has 2 aliphatic rings. The number of nitrogens with zero attached hydrogens (tertiary/aromatic N) is 4. The molecule has 2 aromatic rings. The summed E-state index contributed by atoms with van der Waals surface area (Å²) >= 11 is 6.16. The van der Waals surface area contributed by atoms with Crippen molar-refractivity contribution in [1.29, 1.82) is 0 Å². The van der Waals surface area contributed by atoms with E-state index in [1.54, 1.807) is 22.9 Å². The SMILES string of the molecule is Cc1nn(C)c2c1N(CCC1CCCCN1C)C(=O)c1cc(Cl)ccc1O2. The quantitative estimate of drug-likeness (QED) is 0.797. The predicted octanol–water partition coefficient (Wildman–Crippen LogP) is 4.01. The van der Waals surface area contributed by atoms with Crippen LogP contribution < -0.4 is 9.64 Å². The van der Waals surface area contributed by atoms with E-state index in [2.05, 4.69) is 17.0 Å². The molecule has 1 unspecified atom stereocenters. The van der Waals surface area contributed by atoms with Crippen LogP contribution in [-0.4, -0.2) is 46.8 Å². The molecule has 0 bridgehead atoms. The van der Waals surface area contributed by atoms with Gasteiger partial charge in [0.2, 0.25) is 5.88 Å². The number of amides is 1. The number of likely N-dealkylation sites (tertiary alicyclic amines) is 1. The Morgan fingerprint density at radius 1 is 1.30 bits per heavy atom. The minimum Gasteiger partial charge on any atom is -0.436 e. The molecule has 1 saturated heterocycles. The summed E-state index contributed by atoms with van der Waals surface area (Å²) < 4.78 is 7.79. The highest BCUT2D eigenvalue weighted by atomic mass is 35.5. The Labute approximate surface area is 164 Å². The van der Waals surface area contributed by atoms with Gasteiger partial charge < -0.3 is 14.5 Å². The maximum Gasteiger partial charge on any atom is 0.262 e. The summed E-state index contributed by atoms with van der Waals surface area (Å²) in [5.41, 5.74) is 2.04. The third-order valence-electron chi connectivity index (χ3n) is 5.64. The zero-order chi connectivity index (χ0) is 19.1. The van der Waals surface area contributed by atoms with E-state index < -0.39 is 0 Å². The average molecular weight is 389 g/mol. The standard InChI is InChI=1S/C20H25ClN4O2/c1-13-18-20(24(3)22-13)27-17-8-7-14(21)12-16(17)19(26)25(18)11-9-15-6-4-5-10-23(15)2/h7-8,12,15H,4-6,9-11H2,1-3H3. The van der Waals surface area contributed by atoms with E-state index in [9.17, 15) is 4.79 Å². The van der Waals surface area contributed by atoms with E-state index in [0.29, 0.717) is 34.8 Å². The number of aryl methyl sites for hydroxylation is 2. The first kappa shape index (κ1) is 18.3. The number of hydrogen-bond acceptors (Lipinski definition) is 4. The molecule has 2 aliphatic heterocycles. The summed E-state index contributed by atoms with van der Waals surface area (Å²) in [5, 5.41) is 5.01. The number of aromatic nitrogens is 2. The van der Waals surface area contributed by atoms with Gasteiger partial charge >= 0.3 is 0 Å². The van der Waals surface area contributed by atoms with Crippen LogP contribution in [0.5, 0.6) is 11.6 Å². The van der Waals surface area contributed by atoms with Crippen LogP contribution in [0.1, 0.15) is 41.7 Å². The molecule has 0 saturated carbocycles. The van der Waals surface area contributed by atoms with Gasteiger partial charge in [-0.15, -0.1) is 0 Å². The zero-order valence-electron chi connectivity index (χ0n) is 16.0. The molecule has 6 nitrogen and oxygen atoms in total. The number of anilines is 1. The highest BCUT2D eigenvalue weighted by Crippen LogP contribution is 2.41. The van der Waals surface area contributed by atoms with Gasteiger partial charge in [-0.2, -0.15) is 5.10 Å². The van der Waals surface area contributed by atoms with Crippen molar-refractivity contribution in [3.05, 3.63) is 34.5 Å². The molecule has 4 rings (SSSR count). The number of carbonyl (C=O) groups excluding carboxylic acids is 1. The van der Waals surface area contributed by atoms with E-state index in [-0.39, 0.29) is 5.91 Å². The molecule has 1 aromatic heterocycles. The third kappa shape index (κ3) is 3.32. The van der Waals surface area contributed by atoms with Crippen LogP contribution in [0.3, 0.4) is 0 Å². The molecule has 7 heteroatoms. The minimum atomic E-state index is -0.0826. The largest absolute Gasteiger partial charge is 0.436 e. The summed E-state index contributed by atoms with van der Waals surface area (Å²) in [5.74, 6) is 1.03. The van der Waals surface area contributed by atoms with Crippen molar-refractivity contribution in [2.45, 2.75) is 38.6 Å². The highest BCUT2D eigenvalue weighted by molar-refractivity contribution is 6.31. The summed E-state index contributed by atoms with van der Waals surface area (Å²) in [6.45, 7) is 3.66. The van der Waals surface area contributed by atoms with Crippen molar-refractivity contribution in [3.63, 3.8) is 0 Å². The summed E-state index contributed by atoms with van der Waals surface area (Å²) in [6.07, 6.45) is 4.60. The number of hydrogen-bond donors (Lipinski definition) is 0. The molecule has 0 aliphatic carbocycles. The van der Waals surface area contributed by atoms with Crippen molar-refractivity contribution in [2.24, 2.45) is 7.05 Å². The molecule has 27 heavy (non-hydrogen) atoms. The van der Waals surface area contributed by atoms with Gasteiger partial charge in [-0.3, -0.25) is 4.79 Å². The van der Waals surface area contributed by atoms with Gasteiger partial charge in [-0.1, -0.05) is 18.0 Å². The van der Waals surface area contributed by atoms with E-state index in [1.165, 1.54) is 19.3 Å². The van der Waals surface area contributed by atoms with Crippen molar-refractivity contribution < 1.29 is 9.53 Å². The number of carbonyl (C=O) groups is 1. The fraction of sp³-hybridized carbons (Fsp3) is 0.500. The molecule has 1 fully saturated rings. The lowest BCUT2D eigenvalue weighted by atomic mass is 9.99. The average Bonchev–Trinajstić information content (AvgIpc) is 2.84.